The second-order valence-electron chi connectivity index (χ2n) is 6.23. The lowest BCUT2D eigenvalue weighted by atomic mass is 9.70. The minimum absolute atomic E-state index is 0.284. The zero-order valence-corrected chi connectivity index (χ0v) is 12.1. The molecule has 1 aromatic rings. The van der Waals surface area contributed by atoms with E-state index in [0.717, 1.165) is 57.8 Å². The minimum atomic E-state index is -0.524. The van der Waals surface area contributed by atoms with E-state index in [4.69, 9.17) is 4.74 Å². The van der Waals surface area contributed by atoms with Crippen molar-refractivity contribution in [2.45, 2.75) is 38.3 Å². The Bertz CT molecular complexity index is 419. The fourth-order valence-corrected chi connectivity index (χ4v) is 3.70. The highest BCUT2D eigenvalue weighted by molar-refractivity contribution is 4.99. The molecule has 0 unspecified atom stereocenters. The highest BCUT2D eigenvalue weighted by atomic mass is 16.5. The summed E-state index contributed by atoms with van der Waals surface area (Å²) >= 11 is 0. The Morgan fingerprint density at radius 3 is 2.95 bits per heavy atom. The van der Waals surface area contributed by atoms with Crippen LogP contribution in [0.15, 0.2) is 6.20 Å². The SMILES string of the molecule is C[C@@H]1CN(Cc2cn[nH]n2)CC[C@@]1(O)C1CCOCC1. The fourth-order valence-electron chi connectivity index (χ4n) is 3.70. The van der Waals surface area contributed by atoms with Crippen molar-refractivity contribution in [1.29, 1.82) is 0 Å². The first kappa shape index (κ1) is 14.0. The molecule has 2 N–H and O–H groups in total. The molecule has 3 rings (SSSR count). The van der Waals surface area contributed by atoms with Crippen molar-refractivity contribution in [1.82, 2.24) is 20.3 Å². The van der Waals surface area contributed by atoms with E-state index in [1.807, 2.05) is 0 Å². The van der Waals surface area contributed by atoms with Crippen molar-refractivity contribution in [3.05, 3.63) is 11.9 Å². The van der Waals surface area contributed by atoms with Crippen LogP contribution in [-0.2, 0) is 11.3 Å². The van der Waals surface area contributed by atoms with Crippen LogP contribution in [0.3, 0.4) is 0 Å². The van der Waals surface area contributed by atoms with Gasteiger partial charge in [-0.25, -0.2) is 0 Å². The van der Waals surface area contributed by atoms with Gasteiger partial charge in [-0.1, -0.05) is 6.92 Å². The van der Waals surface area contributed by atoms with Crippen LogP contribution >= 0.6 is 0 Å². The molecule has 6 heteroatoms. The molecule has 2 aliphatic heterocycles. The van der Waals surface area contributed by atoms with Crippen molar-refractivity contribution in [2.24, 2.45) is 11.8 Å². The predicted molar refractivity (Wildman–Crippen MR) is 73.9 cm³/mol. The Balaban J connectivity index is 1.60. The van der Waals surface area contributed by atoms with Gasteiger partial charge in [-0.05, 0) is 31.1 Å². The Morgan fingerprint density at radius 2 is 2.30 bits per heavy atom. The van der Waals surface area contributed by atoms with Crippen LogP contribution in [0.5, 0.6) is 0 Å². The smallest absolute Gasteiger partial charge is 0.0964 e. The molecule has 2 fully saturated rings. The zero-order chi connectivity index (χ0) is 14.0. The van der Waals surface area contributed by atoms with E-state index in [9.17, 15) is 5.11 Å². The molecule has 1 aromatic heterocycles. The van der Waals surface area contributed by atoms with Gasteiger partial charge in [0.15, 0.2) is 0 Å². The van der Waals surface area contributed by atoms with Crippen LogP contribution in [0.4, 0.5) is 0 Å². The third-order valence-electron chi connectivity index (χ3n) is 4.99. The number of H-pyrrole nitrogens is 1. The summed E-state index contributed by atoms with van der Waals surface area (Å²) in [5.74, 6) is 0.673. The number of aromatic nitrogens is 3. The van der Waals surface area contributed by atoms with E-state index in [1.54, 1.807) is 6.20 Å². The second-order valence-corrected chi connectivity index (χ2v) is 6.23. The Hall–Kier alpha value is -0.980. The summed E-state index contributed by atoms with van der Waals surface area (Å²) in [5, 5.41) is 21.7. The second kappa shape index (κ2) is 5.79. The molecule has 0 spiro atoms. The fraction of sp³-hybridized carbons (Fsp3) is 0.857. The number of ether oxygens (including phenoxy) is 1. The molecule has 2 atom stereocenters. The molecular weight excluding hydrogens is 256 g/mol. The number of aliphatic hydroxyl groups is 1. The summed E-state index contributed by atoms with van der Waals surface area (Å²) in [6.07, 6.45) is 4.59. The zero-order valence-electron chi connectivity index (χ0n) is 12.1. The number of likely N-dealkylation sites (tertiary alicyclic amines) is 1. The molecule has 0 aliphatic carbocycles. The van der Waals surface area contributed by atoms with Crippen molar-refractivity contribution in [3.8, 4) is 0 Å². The van der Waals surface area contributed by atoms with Gasteiger partial charge in [-0.15, -0.1) is 0 Å². The lowest BCUT2D eigenvalue weighted by molar-refractivity contribution is -0.131. The Morgan fingerprint density at radius 1 is 1.50 bits per heavy atom. The minimum Gasteiger partial charge on any atom is -0.389 e. The van der Waals surface area contributed by atoms with Gasteiger partial charge in [-0.3, -0.25) is 4.90 Å². The highest BCUT2D eigenvalue weighted by Crippen LogP contribution is 2.39. The van der Waals surface area contributed by atoms with Gasteiger partial charge in [0.25, 0.3) is 0 Å². The first-order chi connectivity index (χ1) is 9.68. The number of hydrogen-bond acceptors (Lipinski definition) is 5. The molecule has 0 aromatic carbocycles. The number of nitrogens with one attached hydrogen (secondary N) is 1. The molecule has 0 bridgehead atoms. The summed E-state index contributed by atoms with van der Waals surface area (Å²) in [6, 6.07) is 0. The molecule has 2 aliphatic rings. The molecule has 20 heavy (non-hydrogen) atoms. The van der Waals surface area contributed by atoms with E-state index in [1.165, 1.54) is 0 Å². The van der Waals surface area contributed by atoms with Gasteiger partial charge in [0.1, 0.15) is 0 Å². The van der Waals surface area contributed by atoms with Crippen molar-refractivity contribution in [2.75, 3.05) is 26.3 Å². The number of nitrogens with zero attached hydrogens (tertiary/aromatic N) is 3. The molecule has 0 radical (unpaired) electrons. The van der Waals surface area contributed by atoms with Crippen LogP contribution in [0.1, 0.15) is 31.9 Å². The lowest BCUT2D eigenvalue weighted by Crippen LogP contribution is -2.55. The van der Waals surface area contributed by atoms with E-state index in [-0.39, 0.29) is 5.92 Å². The summed E-state index contributed by atoms with van der Waals surface area (Å²) in [7, 11) is 0. The summed E-state index contributed by atoms with van der Waals surface area (Å²) < 4.78 is 5.42. The molecular formula is C14H24N4O2. The maximum atomic E-state index is 11.1. The molecule has 6 nitrogen and oxygen atoms in total. The largest absolute Gasteiger partial charge is 0.389 e. The average molecular weight is 280 g/mol. The van der Waals surface area contributed by atoms with E-state index >= 15 is 0 Å². The van der Waals surface area contributed by atoms with Gasteiger partial charge in [-0.2, -0.15) is 15.4 Å². The maximum absolute atomic E-state index is 11.1. The first-order valence-corrected chi connectivity index (χ1v) is 7.55. The summed E-state index contributed by atoms with van der Waals surface area (Å²) in [6.45, 7) is 6.41. The number of piperidine rings is 1. The third-order valence-corrected chi connectivity index (χ3v) is 4.99. The number of rotatable bonds is 3. The normalized spacial score (nSPS) is 33.4. The van der Waals surface area contributed by atoms with Crippen LogP contribution in [0, 0.1) is 11.8 Å². The predicted octanol–water partition coefficient (Wildman–Crippen LogP) is 0.804. The van der Waals surface area contributed by atoms with E-state index in [0.29, 0.717) is 5.92 Å². The molecule has 3 heterocycles. The van der Waals surface area contributed by atoms with Crippen LogP contribution < -0.4 is 0 Å². The monoisotopic (exact) mass is 280 g/mol. The molecule has 2 saturated heterocycles. The number of hydrogen-bond donors (Lipinski definition) is 2. The maximum Gasteiger partial charge on any atom is 0.0964 e. The van der Waals surface area contributed by atoms with Crippen molar-refractivity contribution >= 4 is 0 Å². The number of aromatic amines is 1. The first-order valence-electron chi connectivity index (χ1n) is 7.55. The quantitative estimate of drug-likeness (QED) is 0.857. The summed E-state index contributed by atoms with van der Waals surface area (Å²) in [5.41, 5.74) is 0.443. The van der Waals surface area contributed by atoms with E-state index in [2.05, 4.69) is 27.2 Å². The average Bonchev–Trinajstić information content (AvgIpc) is 2.97. The van der Waals surface area contributed by atoms with Gasteiger partial charge in [0.05, 0.1) is 17.5 Å². The lowest BCUT2D eigenvalue weighted by Gasteiger charge is -2.48. The van der Waals surface area contributed by atoms with Gasteiger partial charge in [0, 0.05) is 32.8 Å². The topological polar surface area (TPSA) is 74.3 Å². The molecule has 0 saturated carbocycles. The third kappa shape index (κ3) is 2.73. The van der Waals surface area contributed by atoms with E-state index < -0.39 is 5.60 Å². The standard InChI is InChI=1S/C14H24N4O2/c1-11-9-18(10-13-8-15-17-16-13)5-4-14(11,19)12-2-6-20-7-3-12/h8,11-12,19H,2-7,9-10H2,1H3,(H,15,16,17)/t11-,14+/m1/s1. The van der Waals surface area contributed by atoms with Gasteiger partial charge in [0.2, 0.25) is 0 Å². The van der Waals surface area contributed by atoms with Crippen molar-refractivity contribution in [3.63, 3.8) is 0 Å². The summed E-state index contributed by atoms with van der Waals surface area (Å²) in [4.78, 5) is 2.36. The van der Waals surface area contributed by atoms with Crippen molar-refractivity contribution < 1.29 is 9.84 Å². The Labute approximate surface area is 119 Å². The highest BCUT2D eigenvalue weighted by Gasteiger charge is 2.45. The molecule has 0 amide bonds. The molecule has 112 valence electrons. The van der Waals surface area contributed by atoms with Gasteiger partial charge < -0.3 is 9.84 Å². The van der Waals surface area contributed by atoms with Crippen LogP contribution in [0.2, 0.25) is 0 Å². The van der Waals surface area contributed by atoms with Crippen LogP contribution in [0.25, 0.3) is 0 Å². The Kier molecular flexibility index (Phi) is 4.05. The van der Waals surface area contributed by atoms with Crippen LogP contribution in [-0.4, -0.2) is 57.3 Å². The van der Waals surface area contributed by atoms with Gasteiger partial charge >= 0.3 is 0 Å².